The number of rotatable bonds is 6. The molecular formula is C24H28FN3O4. The first-order chi connectivity index (χ1) is 15.1. The van der Waals surface area contributed by atoms with Gasteiger partial charge >= 0.3 is 6.09 Å². The number of nitrogens with zero attached hydrogens (tertiary/aromatic N) is 1. The summed E-state index contributed by atoms with van der Waals surface area (Å²) in [6.07, 6.45) is -1.03. The molecule has 1 aliphatic heterocycles. The van der Waals surface area contributed by atoms with Crippen LogP contribution in [0.3, 0.4) is 0 Å². The van der Waals surface area contributed by atoms with Crippen LogP contribution in [0.15, 0.2) is 48.5 Å². The van der Waals surface area contributed by atoms with Gasteiger partial charge in [0.2, 0.25) is 11.8 Å². The first-order valence-electron chi connectivity index (χ1n) is 10.5. The Morgan fingerprint density at radius 1 is 1.19 bits per heavy atom. The number of benzene rings is 2. The first-order valence-corrected chi connectivity index (χ1v) is 10.5. The van der Waals surface area contributed by atoms with Gasteiger partial charge in [-0.25, -0.2) is 9.18 Å². The van der Waals surface area contributed by atoms with E-state index in [0.717, 1.165) is 5.56 Å². The van der Waals surface area contributed by atoms with Crippen LogP contribution in [0.5, 0.6) is 0 Å². The van der Waals surface area contributed by atoms with E-state index < -0.39 is 35.4 Å². The van der Waals surface area contributed by atoms with Crippen molar-refractivity contribution in [1.82, 2.24) is 10.2 Å². The standard InChI is InChI=1S/C24H28FN3O4/c1-24(2,3)28(23(31)32)17(12-15-8-4-6-10-18(15)25)14-21(29)26-20-13-16-9-5-7-11-19(16)27-22(20)30/h4-11,17,20H,12-14H2,1-3H3,(H,26,29)(H,27,30)(H,31,32)/t17-,20?/m1/s1. The molecule has 2 aromatic rings. The maximum absolute atomic E-state index is 14.3. The van der Waals surface area contributed by atoms with Gasteiger partial charge < -0.3 is 15.7 Å². The third kappa shape index (κ3) is 5.43. The molecule has 1 unspecified atom stereocenters. The van der Waals surface area contributed by atoms with Crippen LogP contribution in [-0.2, 0) is 22.4 Å². The molecule has 0 fully saturated rings. The third-order valence-corrected chi connectivity index (χ3v) is 5.48. The first kappa shape index (κ1) is 23.2. The summed E-state index contributed by atoms with van der Waals surface area (Å²) in [6.45, 7) is 5.16. The number of fused-ring (bicyclic) bond motifs is 1. The smallest absolute Gasteiger partial charge is 0.408 e. The van der Waals surface area contributed by atoms with Crippen molar-refractivity contribution in [3.05, 3.63) is 65.5 Å². The molecule has 2 atom stereocenters. The normalized spacial score (nSPS) is 16.5. The van der Waals surface area contributed by atoms with E-state index in [0.29, 0.717) is 17.7 Å². The highest BCUT2D eigenvalue weighted by atomic mass is 19.1. The number of hydrogen-bond acceptors (Lipinski definition) is 3. The second-order valence-electron chi connectivity index (χ2n) is 8.95. The fourth-order valence-electron chi connectivity index (χ4n) is 4.10. The van der Waals surface area contributed by atoms with Crippen LogP contribution < -0.4 is 10.6 Å². The SMILES string of the molecule is CC(C)(C)N(C(=O)O)[C@@H](CC(=O)NC1Cc2ccccc2NC1=O)Cc1ccccc1F. The van der Waals surface area contributed by atoms with Gasteiger partial charge in [0, 0.05) is 30.1 Å². The van der Waals surface area contributed by atoms with Crippen molar-refractivity contribution in [2.45, 2.75) is 57.7 Å². The van der Waals surface area contributed by atoms with E-state index in [1.54, 1.807) is 45.0 Å². The Kier molecular flexibility index (Phi) is 6.81. The topological polar surface area (TPSA) is 98.7 Å². The van der Waals surface area contributed by atoms with Gasteiger partial charge in [-0.15, -0.1) is 0 Å². The second-order valence-corrected chi connectivity index (χ2v) is 8.95. The largest absolute Gasteiger partial charge is 0.465 e. The van der Waals surface area contributed by atoms with Gasteiger partial charge in [0.05, 0.1) is 0 Å². The molecule has 1 aliphatic rings. The molecule has 3 rings (SSSR count). The predicted molar refractivity (Wildman–Crippen MR) is 119 cm³/mol. The number of carbonyl (C=O) groups excluding carboxylic acids is 2. The monoisotopic (exact) mass is 441 g/mol. The molecule has 0 saturated heterocycles. The number of halogens is 1. The summed E-state index contributed by atoms with van der Waals surface area (Å²) in [4.78, 5) is 38.6. The van der Waals surface area contributed by atoms with E-state index in [4.69, 9.17) is 0 Å². The molecule has 0 spiro atoms. The Morgan fingerprint density at radius 3 is 2.50 bits per heavy atom. The van der Waals surface area contributed by atoms with Crippen molar-refractivity contribution < 1.29 is 23.9 Å². The highest BCUT2D eigenvalue weighted by molar-refractivity contribution is 6.00. The van der Waals surface area contributed by atoms with E-state index in [-0.39, 0.29) is 18.7 Å². The molecule has 170 valence electrons. The Hall–Kier alpha value is -3.42. The molecule has 7 nitrogen and oxygen atoms in total. The van der Waals surface area contributed by atoms with Crippen molar-refractivity contribution in [3.63, 3.8) is 0 Å². The van der Waals surface area contributed by atoms with Crippen LogP contribution >= 0.6 is 0 Å². The number of para-hydroxylation sites is 1. The lowest BCUT2D eigenvalue weighted by molar-refractivity contribution is -0.127. The van der Waals surface area contributed by atoms with Crippen LogP contribution in [-0.4, -0.2) is 45.5 Å². The van der Waals surface area contributed by atoms with Crippen LogP contribution in [0.4, 0.5) is 14.9 Å². The minimum atomic E-state index is -1.20. The highest BCUT2D eigenvalue weighted by Crippen LogP contribution is 2.25. The minimum absolute atomic E-state index is 0.0311. The Balaban J connectivity index is 1.79. The van der Waals surface area contributed by atoms with Crippen LogP contribution in [0, 0.1) is 5.82 Å². The molecule has 0 aliphatic carbocycles. The van der Waals surface area contributed by atoms with Crippen molar-refractivity contribution in [3.8, 4) is 0 Å². The van der Waals surface area contributed by atoms with Gasteiger partial charge in [0.1, 0.15) is 11.9 Å². The minimum Gasteiger partial charge on any atom is -0.465 e. The van der Waals surface area contributed by atoms with E-state index in [1.165, 1.54) is 11.0 Å². The average Bonchev–Trinajstić information content (AvgIpc) is 2.69. The average molecular weight is 442 g/mol. The van der Waals surface area contributed by atoms with Crippen LogP contribution in [0.25, 0.3) is 0 Å². The maximum atomic E-state index is 14.3. The van der Waals surface area contributed by atoms with Gasteiger partial charge in [0.15, 0.2) is 0 Å². The zero-order valence-electron chi connectivity index (χ0n) is 18.4. The lowest BCUT2D eigenvalue weighted by Gasteiger charge is -2.39. The molecule has 1 heterocycles. The van der Waals surface area contributed by atoms with E-state index in [1.807, 2.05) is 18.2 Å². The quantitative estimate of drug-likeness (QED) is 0.638. The summed E-state index contributed by atoms with van der Waals surface area (Å²) in [5.74, 6) is -1.25. The van der Waals surface area contributed by atoms with Crippen LogP contribution in [0.2, 0.25) is 0 Å². The fourth-order valence-corrected chi connectivity index (χ4v) is 4.10. The number of nitrogens with one attached hydrogen (secondary N) is 2. The summed E-state index contributed by atoms with van der Waals surface area (Å²) in [7, 11) is 0. The number of anilines is 1. The highest BCUT2D eigenvalue weighted by Gasteiger charge is 2.36. The maximum Gasteiger partial charge on any atom is 0.408 e. The van der Waals surface area contributed by atoms with Gasteiger partial charge in [-0.3, -0.25) is 14.5 Å². The summed E-state index contributed by atoms with van der Waals surface area (Å²) in [5, 5.41) is 15.3. The molecule has 0 saturated carbocycles. The summed E-state index contributed by atoms with van der Waals surface area (Å²) in [5.41, 5.74) is 1.13. The lowest BCUT2D eigenvalue weighted by Crippen LogP contribution is -2.54. The van der Waals surface area contributed by atoms with Crippen molar-refractivity contribution in [2.24, 2.45) is 0 Å². The molecule has 0 radical (unpaired) electrons. The lowest BCUT2D eigenvalue weighted by atomic mass is 9.95. The summed E-state index contributed by atoms with van der Waals surface area (Å²) < 4.78 is 14.3. The molecule has 2 aromatic carbocycles. The number of carboxylic acid groups (broad SMARTS) is 1. The van der Waals surface area contributed by atoms with E-state index in [2.05, 4.69) is 10.6 Å². The summed E-state index contributed by atoms with van der Waals surface area (Å²) >= 11 is 0. The Labute approximate surface area is 186 Å². The molecule has 3 N–H and O–H groups in total. The van der Waals surface area contributed by atoms with Crippen molar-refractivity contribution >= 4 is 23.6 Å². The predicted octanol–water partition coefficient (Wildman–Crippen LogP) is 3.59. The molecule has 0 bridgehead atoms. The summed E-state index contributed by atoms with van der Waals surface area (Å²) in [6, 6.07) is 11.9. The number of amides is 3. The van der Waals surface area contributed by atoms with E-state index >= 15 is 0 Å². The van der Waals surface area contributed by atoms with Crippen molar-refractivity contribution in [1.29, 1.82) is 0 Å². The Bertz CT molecular complexity index is 1020. The molecule has 8 heteroatoms. The number of hydrogen-bond donors (Lipinski definition) is 3. The van der Waals surface area contributed by atoms with Gasteiger partial charge in [-0.2, -0.15) is 0 Å². The van der Waals surface area contributed by atoms with Gasteiger partial charge in [0.25, 0.3) is 0 Å². The van der Waals surface area contributed by atoms with Crippen molar-refractivity contribution in [2.75, 3.05) is 5.32 Å². The fraction of sp³-hybridized carbons (Fsp3) is 0.375. The Morgan fingerprint density at radius 2 is 1.84 bits per heavy atom. The zero-order chi connectivity index (χ0) is 23.5. The zero-order valence-corrected chi connectivity index (χ0v) is 18.4. The number of carbonyl (C=O) groups is 3. The third-order valence-electron chi connectivity index (χ3n) is 5.48. The molecule has 32 heavy (non-hydrogen) atoms. The second kappa shape index (κ2) is 9.38. The molecule has 3 amide bonds. The van der Waals surface area contributed by atoms with Gasteiger partial charge in [-0.05, 0) is 50.5 Å². The molecule has 0 aromatic heterocycles. The van der Waals surface area contributed by atoms with E-state index in [9.17, 15) is 23.9 Å². The van der Waals surface area contributed by atoms with Gasteiger partial charge in [-0.1, -0.05) is 36.4 Å². The van der Waals surface area contributed by atoms with Crippen LogP contribution in [0.1, 0.15) is 38.3 Å². The molecular weight excluding hydrogens is 413 g/mol.